The number of imide groups is 1. The maximum absolute atomic E-state index is 13.0. The molecule has 0 radical (unpaired) electrons. The molecule has 3 N–H and O–H groups in total. The number of hydrogen-bond acceptors (Lipinski definition) is 7. The summed E-state index contributed by atoms with van der Waals surface area (Å²) >= 11 is 0. The highest BCUT2D eigenvalue weighted by atomic mass is 16.5. The van der Waals surface area contributed by atoms with Gasteiger partial charge in [0.15, 0.2) is 17.3 Å². The lowest BCUT2D eigenvalue weighted by Crippen LogP contribution is -2.43. The van der Waals surface area contributed by atoms with E-state index in [1.807, 2.05) is 0 Å². The molecule has 8 nitrogen and oxygen atoms in total. The number of aliphatic hydroxyl groups is 1. The Kier molecular flexibility index (Phi) is 5.54. The van der Waals surface area contributed by atoms with E-state index in [9.17, 15) is 24.3 Å². The molecule has 2 aliphatic rings. The van der Waals surface area contributed by atoms with Crippen LogP contribution in [0.3, 0.4) is 0 Å². The van der Waals surface area contributed by atoms with Crippen molar-refractivity contribution in [1.82, 2.24) is 4.90 Å². The number of nitrogens with two attached hydrogens (primary N) is 1. The van der Waals surface area contributed by atoms with Gasteiger partial charge in [0.1, 0.15) is 5.76 Å². The molecule has 0 bridgehead atoms. The molecule has 3 rings (SSSR count). The topological polar surface area (TPSA) is 127 Å². The van der Waals surface area contributed by atoms with Crippen LogP contribution < -0.4 is 5.73 Å². The number of nitrogens with zero attached hydrogens (tertiary/aromatic N) is 1. The predicted molar refractivity (Wildman–Crippen MR) is 104 cm³/mol. The third kappa shape index (κ3) is 3.65. The number of hydrogen-bond donors (Lipinski definition) is 2. The molecule has 0 fully saturated rings. The smallest absolute Gasteiger partial charge is 0.264 e. The number of anilines is 1. The summed E-state index contributed by atoms with van der Waals surface area (Å²) < 4.78 is 5.42. The van der Waals surface area contributed by atoms with Crippen LogP contribution in [0.2, 0.25) is 0 Å². The Labute approximate surface area is 167 Å². The molecule has 8 heteroatoms. The highest BCUT2D eigenvalue weighted by molar-refractivity contribution is 6.36. The monoisotopic (exact) mass is 398 g/mol. The van der Waals surface area contributed by atoms with Crippen molar-refractivity contribution >= 4 is 29.1 Å². The van der Waals surface area contributed by atoms with Gasteiger partial charge in [-0.15, -0.1) is 0 Å². The Morgan fingerprint density at radius 1 is 1.24 bits per heavy atom. The zero-order valence-electron chi connectivity index (χ0n) is 16.2. The van der Waals surface area contributed by atoms with Gasteiger partial charge in [-0.1, -0.05) is 6.07 Å². The Bertz CT molecular complexity index is 975. The lowest BCUT2D eigenvalue weighted by molar-refractivity contribution is -0.135. The van der Waals surface area contributed by atoms with Crippen molar-refractivity contribution < 1.29 is 29.0 Å². The molecule has 0 spiro atoms. The predicted octanol–water partition coefficient (Wildman–Crippen LogP) is 2.31. The van der Waals surface area contributed by atoms with Crippen LogP contribution in [0.15, 0.2) is 41.4 Å². The lowest BCUT2D eigenvalue weighted by Gasteiger charge is -2.30. The number of allylic oxidation sites excluding steroid dienone is 2. The van der Waals surface area contributed by atoms with Gasteiger partial charge in [-0.05, 0) is 37.1 Å². The van der Waals surface area contributed by atoms with Crippen LogP contribution in [0, 0.1) is 0 Å². The van der Waals surface area contributed by atoms with Gasteiger partial charge in [0.2, 0.25) is 0 Å². The molecule has 1 aliphatic carbocycles. The largest absolute Gasteiger partial charge is 0.508 e. The molecule has 1 aliphatic heterocycles. The number of aliphatic hydroxyl groups excluding tert-OH is 1. The van der Waals surface area contributed by atoms with Gasteiger partial charge in [-0.25, -0.2) is 0 Å². The summed E-state index contributed by atoms with van der Waals surface area (Å²) in [6.07, 6.45) is 1.73. The average Bonchev–Trinajstić information content (AvgIpc) is 2.93. The zero-order chi connectivity index (χ0) is 21.3. The van der Waals surface area contributed by atoms with Gasteiger partial charge >= 0.3 is 0 Å². The SMILES string of the molecule is CCOC1=C(O)CCC([C@@H](CC(=O)C(C)=O)N2C(=O)c3cccc(N)c3C2=O)=C1. The maximum Gasteiger partial charge on any atom is 0.264 e. The second kappa shape index (κ2) is 7.90. The summed E-state index contributed by atoms with van der Waals surface area (Å²) in [5.41, 5.74) is 6.88. The second-order valence-corrected chi connectivity index (χ2v) is 6.91. The third-order valence-electron chi connectivity index (χ3n) is 5.04. The molecule has 29 heavy (non-hydrogen) atoms. The number of rotatable bonds is 7. The van der Waals surface area contributed by atoms with Crippen LogP contribution in [0.4, 0.5) is 5.69 Å². The summed E-state index contributed by atoms with van der Waals surface area (Å²) in [6, 6.07) is 3.63. The quantitative estimate of drug-likeness (QED) is 0.410. The van der Waals surface area contributed by atoms with Crippen molar-refractivity contribution in [3.63, 3.8) is 0 Å². The Balaban J connectivity index is 2.06. The fraction of sp³-hybridized carbons (Fsp3) is 0.333. The second-order valence-electron chi connectivity index (χ2n) is 6.91. The summed E-state index contributed by atoms with van der Waals surface area (Å²) in [5.74, 6) is -2.26. The van der Waals surface area contributed by atoms with Crippen molar-refractivity contribution in [2.45, 2.75) is 39.2 Å². The van der Waals surface area contributed by atoms with E-state index in [0.29, 0.717) is 18.6 Å². The van der Waals surface area contributed by atoms with Crippen LogP contribution in [-0.2, 0) is 14.3 Å². The first-order chi connectivity index (χ1) is 13.8. The van der Waals surface area contributed by atoms with Gasteiger partial charge in [0, 0.05) is 25.5 Å². The number of fused-ring (bicyclic) bond motifs is 1. The fourth-order valence-electron chi connectivity index (χ4n) is 3.57. The van der Waals surface area contributed by atoms with Gasteiger partial charge in [0.25, 0.3) is 11.8 Å². The minimum Gasteiger partial charge on any atom is -0.508 e. The van der Waals surface area contributed by atoms with E-state index in [1.54, 1.807) is 13.0 Å². The zero-order valence-corrected chi connectivity index (χ0v) is 16.2. The normalized spacial score (nSPS) is 17.2. The van der Waals surface area contributed by atoms with E-state index in [4.69, 9.17) is 10.5 Å². The third-order valence-corrected chi connectivity index (χ3v) is 5.04. The average molecular weight is 398 g/mol. The molecule has 1 heterocycles. The van der Waals surface area contributed by atoms with E-state index < -0.39 is 29.4 Å². The standard InChI is InChI=1S/C21H22N2O6/c1-3-29-18-9-12(7-8-16(18)25)15(10-17(26)11(2)24)23-20(27)13-5-4-6-14(22)19(13)21(23)28/h4-6,9,15,25H,3,7-8,10,22H2,1-2H3/t15-/m1/s1. The molecule has 0 unspecified atom stereocenters. The Morgan fingerprint density at radius 3 is 2.59 bits per heavy atom. The van der Waals surface area contributed by atoms with Crippen molar-refractivity contribution in [1.29, 1.82) is 0 Å². The molecular formula is C21H22N2O6. The van der Waals surface area contributed by atoms with Gasteiger partial charge in [-0.2, -0.15) is 0 Å². The van der Waals surface area contributed by atoms with Crippen LogP contribution in [0.1, 0.15) is 53.8 Å². The van der Waals surface area contributed by atoms with Crippen LogP contribution in [0.5, 0.6) is 0 Å². The molecule has 0 saturated carbocycles. The highest BCUT2D eigenvalue weighted by Crippen LogP contribution is 2.35. The molecule has 0 saturated heterocycles. The molecule has 152 valence electrons. The van der Waals surface area contributed by atoms with Crippen LogP contribution >= 0.6 is 0 Å². The van der Waals surface area contributed by atoms with Crippen molar-refractivity contribution in [3.8, 4) is 0 Å². The van der Waals surface area contributed by atoms with E-state index >= 15 is 0 Å². The summed E-state index contributed by atoms with van der Waals surface area (Å²) in [5, 5.41) is 10.0. The number of benzene rings is 1. The summed E-state index contributed by atoms with van der Waals surface area (Å²) in [4.78, 5) is 50.8. The summed E-state index contributed by atoms with van der Waals surface area (Å²) in [7, 11) is 0. The molecule has 0 aromatic heterocycles. The van der Waals surface area contributed by atoms with E-state index in [2.05, 4.69) is 0 Å². The van der Waals surface area contributed by atoms with Crippen molar-refractivity contribution in [2.75, 3.05) is 12.3 Å². The van der Waals surface area contributed by atoms with Crippen LogP contribution in [0.25, 0.3) is 0 Å². The fourth-order valence-corrected chi connectivity index (χ4v) is 3.57. The number of nitrogen functional groups attached to an aromatic ring is 1. The van der Waals surface area contributed by atoms with Crippen molar-refractivity contribution in [2.24, 2.45) is 0 Å². The number of Topliss-reactive ketones (excluding diaryl/α,β-unsaturated/α-hetero) is 2. The van der Waals surface area contributed by atoms with E-state index in [0.717, 1.165) is 11.8 Å². The Morgan fingerprint density at radius 2 is 1.97 bits per heavy atom. The Hall–Kier alpha value is -3.42. The van der Waals surface area contributed by atoms with Crippen molar-refractivity contribution in [3.05, 3.63) is 52.5 Å². The first kappa shape index (κ1) is 20.3. The number of carbonyl (C=O) groups excluding carboxylic acids is 4. The number of carbonyl (C=O) groups is 4. The van der Waals surface area contributed by atoms with Gasteiger partial charge < -0.3 is 15.6 Å². The number of ether oxygens (including phenoxy) is 1. The number of ketones is 2. The van der Waals surface area contributed by atoms with E-state index in [-0.39, 0.29) is 41.2 Å². The van der Waals surface area contributed by atoms with E-state index in [1.165, 1.54) is 18.2 Å². The first-order valence-corrected chi connectivity index (χ1v) is 9.31. The summed E-state index contributed by atoms with van der Waals surface area (Å²) in [6.45, 7) is 3.21. The molecule has 2 amide bonds. The van der Waals surface area contributed by atoms with Crippen LogP contribution in [-0.4, -0.2) is 46.0 Å². The highest BCUT2D eigenvalue weighted by Gasteiger charge is 2.43. The minimum absolute atomic E-state index is 0.0545. The number of amides is 2. The van der Waals surface area contributed by atoms with Gasteiger partial charge in [-0.3, -0.25) is 24.1 Å². The lowest BCUT2D eigenvalue weighted by atomic mass is 9.91. The minimum atomic E-state index is -0.971. The molecule has 1 aromatic rings. The molecule has 1 atom stereocenters. The first-order valence-electron chi connectivity index (χ1n) is 9.31. The van der Waals surface area contributed by atoms with Gasteiger partial charge in [0.05, 0.1) is 23.8 Å². The molecular weight excluding hydrogens is 376 g/mol. The molecule has 1 aromatic carbocycles. The maximum atomic E-state index is 13.0.